The number of hydrogen-bond donors (Lipinski definition) is 1. The highest BCUT2D eigenvalue weighted by molar-refractivity contribution is 5.92. The smallest absolute Gasteiger partial charge is 0.226 e. The minimum Gasteiger partial charge on any atom is -0.371 e. The fourth-order valence-corrected chi connectivity index (χ4v) is 3.54. The van der Waals surface area contributed by atoms with Gasteiger partial charge in [0.15, 0.2) is 0 Å². The first-order chi connectivity index (χ1) is 11.9. The van der Waals surface area contributed by atoms with Gasteiger partial charge in [0.25, 0.3) is 0 Å². The molecule has 0 saturated carbocycles. The maximum Gasteiger partial charge on any atom is 0.226 e. The van der Waals surface area contributed by atoms with Crippen molar-refractivity contribution >= 4 is 17.3 Å². The van der Waals surface area contributed by atoms with Gasteiger partial charge >= 0.3 is 0 Å². The van der Waals surface area contributed by atoms with Gasteiger partial charge in [0.2, 0.25) is 5.91 Å². The van der Waals surface area contributed by atoms with Crippen molar-refractivity contribution in [1.29, 1.82) is 0 Å². The Bertz CT molecular complexity index is 746. The Hall–Kier alpha value is -2.29. The molecule has 25 heavy (non-hydrogen) atoms. The van der Waals surface area contributed by atoms with Crippen LogP contribution in [0.2, 0.25) is 0 Å². The summed E-state index contributed by atoms with van der Waals surface area (Å²) in [4.78, 5) is 14.8. The predicted octanol–water partition coefficient (Wildman–Crippen LogP) is 4.77. The Morgan fingerprint density at radius 1 is 1.08 bits per heavy atom. The summed E-state index contributed by atoms with van der Waals surface area (Å²) in [6, 6.07) is 16.6. The van der Waals surface area contributed by atoms with E-state index in [0.29, 0.717) is 6.42 Å². The number of rotatable bonds is 4. The van der Waals surface area contributed by atoms with E-state index in [0.717, 1.165) is 31.6 Å². The van der Waals surface area contributed by atoms with Gasteiger partial charge in [-0.3, -0.25) is 4.79 Å². The highest BCUT2D eigenvalue weighted by Crippen LogP contribution is 2.30. The Morgan fingerprint density at radius 3 is 2.60 bits per heavy atom. The van der Waals surface area contributed by atoms with E-state index >= 15 is 0 Å². The number of amides is 1. The van der Waals surface area contributed by atoms with Gasteiger partial charge in [-0.05, 0) is 41.5 Å². The first-order valence-electron chi connectivity index (χ1n) is 9.17. The molecule has 0 fully saturated rings. The molecule has 0 aliphatic carbocycles. The van der Waals surface area contributed by atoms with Gasteiger partial charge in [0, 0.05) is 30.9 Å². The number of anilines is 2. The number of nitrogens with one attached hydrogen (secondary N) is 1. The zero-order valence-electron chi connectivity index (χ0n) is 15.5. The minimum atomic E-state index is 0.00961. The summed E-state index contributed by atoms with van der Waals surface area (Å²) >= 11 is 0. The van der Waals surface area contributed by atoms with E-state index in [1.165, 1.54) is 16.8 Å². The average Bonchev–Trinajstić information content (AvgIpc) is 2.59. The molecule has 3 heteroatoms. The SMILES string of the molecule is CC(C)(C)c1ccccc1NC(=O)CCN1CCCc2ccccc21. The van der Waals surface area contributed by atoms with Crippen LogP contribution in [0.4, 0.5) is 11.4 Å². The van der Waals surface area contributed by atoms with Crippen LogP contribution >= 0.6 is 0 Å². The largest absolute Gasteiger partial charge is 0.371 e. The van der Waals surface area contributed by atoms with Crippen molar-refractivity contribution in [3.8, 4) is 0 Å². The first kappa shape index (κ1) is 17.5. The molecule has 1 aliphatic rings. The topological polar surface area (TPSA) is 32.3 Å². The van der Waals surface area contributed by atoms with Crippen LogP contribution in [0, 0.1) is 0 Å². The van der Waals surface area contributed by atoms with Gasteiger partial charge < -0.3 is 10.2 Å². The number of hydrogen-bond acceptors (Lipinski definition) is 2. The lowest BCUT2D eigenvalue weighted by molar-refractivity contribution is -0.116. The van der Waals surface area contributed by atoms with Crippen LogP contribution < -0.4 is 10.2 Å². The summed E-state index contributed by atoms with van der Waals surface area (Å²) in [7, 11) is 0. The molecule has 0 radical (unpaired) electrons. The summed E-state index contributed by atoms with van der Waals surface area (Å²) in [6.07, 6.45) is 2.80. The van der Waals surface area contributed by atoms with Gasteiger partial charge in [0.05, 0.1) is 0 Å². The highest BCUT2D eigenvalue weighted by atomic mass is 16.1. The first-order valence-corrected chi connectivity index (χ1v) is 9.17. The predicted molar refractivity (Wildman–Crippen MR) is 105 cm³/mol. The molecule has 0 unspecified atom stereocenters. The molecule has 0 bridgehead atoms. The van der Waals surface area contributed by atoms with Crippen molar-refractivity contribution in [3.05, 3.63) is 59.7 Å². The maximum absolute atomic E-state index is 12.5. The van der Waals surface area contributed by atoms with Gasteiger partial charge in [-0.15, -0.1) is 0 Å². The number of aryl methyl sites for hydroxylation is 1. The number of fused-ring (bicyclic) bond motifs is 1. The van der Waals surface area contributed by atoms with E-state index in [1.54, 1.807) is 0 Å². The van der Waals surface area contributed by atoms with Crippen LogP contribution in [0.1, 0.15) is 44.7 Å². The molecule has 3 nitrogen and oxygen atoms in total. The second-order valence-electron chi connectivity index (χ2n) is 7.81. The number of benzene rings is 2. The van der Waals surface area contributed by atoms with Crippen molar-refractivity contribution in [3.63, 3.8) is 0 Å². The van der Waals surface area contributed by atoms with E-state index in [9.17, 15) is 4.79 Å². The van der Waals surface area contributed by atoms with Crippen LogP contribution in [0.25, 0.3) is 0 Å². The van der Waals surface area contributed by atoms with E-state index in [2.05, 4.69) is 61.3 Å². The van der Waals surface area contributed by atoms with Gasteiger partial charge in [-0.1, -0.05) is 57.2 Å². The Balaban J connectivity index is 1.64. The number of para-hydroxylation sites is 2. The standard InChI is InChI=1S/C22H28N2O/c1-22(2,3)18-11-5-6-12-19(18)23-21(25)14-16-24-15-8-10-17-9-4-7-13-20(17)24/h4-7,9,11-13H,8,10,14-16H2,1-3H3,(H,23,25). The molecule has 1 amide bonds. The molecule has 1 aliphatic heterocycles. The lowest BCUT2D eigenvalue weighted by Gasteiger charge is -2.31. The van der Waals surface area contributed by atoms with Gasteiger partial charge in [-0.25, -0.2) is 0 Å². The molecule has 1 N–H and O–H groups in total. The molecule has 0 saturated heterocycles. The molecule has 132 valence electrons. The Kier molecular flexibility index (Phi) is 5.12. The molecule has 0 spiro atoms. The van der Waals surface area contributed by atoms with Crippen LogP contribution in [0.5, 0.6) is 0 Å². The second kappa shape index (κ2) is 7.30. The highest BCUT2D eigenvalue weighted by Gasteiger charge is 2.20. The monoisotopic (exact) mass is 336 g/mol. The fourth-order valence-electron chi connectivity index (χ4n) is 3.54. The van der Waals surface area contributed by atoms with E-state index in [4.69, 9.17) is 0 Å². The summed E-state index contributed by atoms with van der Waals surface area (Å²) < 4.78 is 0. The molecule has 0 atom stereocenters. The van der Waals surface area contributed by atoms with E-state index < -0.39 is 0 Å². The molecule has 1 heterocycles. The summed E-state index contributed by atoms with van der Waals surface area (Å²) in [5.41, 5.74) is 4.80. The number of nitrogens with zero attached hydrogens (tertiary/aromatic N) is 1. The third kappa shape index (κ3) is 4.22. The minimum absolute atomic E-state index is 0.00961. The Labute approximate surface area is 151 Å². The van der Waals surface area contributed by atoms with Gasteiger partial charge in [-0.2, -0.15) is 0 Å². The normalized spacial score (nSPS) is 14.1. The summed E-state index contributed by atoms with van der Waals surface area (Å²) in [5, 5.41) is 3.12. The van der Waals surface area contributed by atoms with Crippen molar-refractivity contribution in [2.45, 2.75) is 45.4 Å². The third-order valence-corrected chi connectivity index (χ3v) is 4.82. The van der Waals surface area contributed by atoms with Crippen LogP contribution in [0.3, 0.4) is 0 Å². The fraction of sp³-hybridized carbons (Fsp3) is 0.409. The lowest BCUT2D eigenvalue weighted by Crippen LogP contribution is -2.32. The van der Waals surface area contributed by atoms with Crippen molar-refractivity contribution in [1.82, 2.24) is 0 Å². The number of carbonyl (C=O) groups is 1. The van der Waals surface area contributed by atoms with Crippen LogP contribution in [-0.4, -0.2) is 19.0 Å². The molecule has 3 rings (SSSR count). The average molecular weight is 336 g/mol. The van der Waals surface area contributed by atoms with Crippen molar-refractivity contribution in [2.75, 3.05) is 23.3 Å². The molecular formula is C22H28N2O. The zero-order valence-corrected chi connectivity index (χ0v) is 15.5. The summed E-state index contributed by atoms with van der Waals surface area (Å²) in [5.74, 6) is 0.0831. The lowest BCUT2D eigenvalue weighted by atomic mass is 9.86. The van der Waals surface area contributed by atoms with E-state index in [1.807, 2.05) is 18.2 Å². The second-order valence-corrected chi connectivity index (χ2v) is 7.81. The third-order valence-electron chi connectivity index (χ3n) is 4.82. The molecular weight excluding hydrogens is 308 g/mol. The Morgan fingerprint density at radius 2 is 1.80 bits per heavy atom. The summed E-state index contributed by atoms with van der Waals surface area (Å²) in [6.45, 7) is 8.30. The maximum atomic E-state index is 12.5. The van der Waals surface area contributed by atoms with Crippen molar-refractivity contribution in [2.24, 2.45) is 0 Å². The van der Waals surface area contributed by atoms with Crippen LogP contribution in [-0.2, 0) is 16.6 Å². The number of carbonyl (C=O) groups excluding carboxylic acids is 1. The molecule has 2 aromatic rings. The van der Waals surface area contributed by atoms with Crippen LogP contribution in [0.15, 0.2) is 48.5 Å². The molecule has 0 aromatic heterocycles. The van der Waals surface area contributed by atoms with Crippen molar-refractivity contribution < 1.29 is 4.79 Å². The zero-order chi connectivity index (χ0) is 17.9. The van der Waals surface area contributed by atoms with E-state index in [-0.39, 0.29) is 11.3 Å². The molecule has 2 aromatic carbocycles. The quantitative estimate of drug-likeness (QED) is 0.872. The van der Waals surface area contributed by atoms with Gasteiger partial charge in [0.1, 0.15) is 0 Å².